The summed E-state index contributed by atoms with van der Waals surface area (Å²) in [7, 11) is 0. The van der Waals surface area contributed by atoms with E-state index in [4.69, 9.17) is 0 Å². The largest absolute Gasteiger partial charge is 0.371 e. The van der Waals surface area contributed by atoms with Crippen LogP contribution in [0.4, 0.5) is 5.69 Å². The Morgan fingerprint density at radius 3 is 2.73 bits per heavy atom. The summed E-state index contributed by atoms with van der Waals surface area (Å²) in [5.74, 6) is 0.279. The summed E-state index contributed by atoms with van der Waals surface area (Å²) in [6, 6.07) is 15.9. The van der Waals surface area contributed by atoms with Gasteiger partial charge in [0.05, 0.1) is 17.2 Å². The number of carbonyl (C=O) groups excluding carboxylic acids is 1. The Hall–Kier alpha value is -2.47. The maximum atomic E-state index is 12.4. The second kappa shape index (κ2) is 7.41. The first-order valence-electron chi connectivity index (χ1n) is 8.69. The van der Waals surface area contributed by atoms with E-state index in [2.05, 4.69) is 60.4 Å². The Morgan fingerprint density at radius 1 is 1.15 bits per heavy atom. The Morgan fingerprint density at radius 2 is 1.92 bits per heavy atom. The lowest BCUT2D eigenvalue weighted by Crippen LogP contribution is -2.31. The van der Waals surface area contributed by atoms with Crippen LogP contribution < -0.4 is 10.2 Å². The summed E-state index contributed by atoms with van der Waals surface area (Å²) >= 11 is 3.47. The molecule has 1 amide bonds. The molecule has 0 aliphatic carbocycles. The fourth-order valence-corrected chi connectivity index (χ4v) is 3.54. The number of hydrogen-bond acceptors (Lipinski definition) is 4. The van der Waals surface area contributed by atoms with Crippen molar-refractivity contribution in [3.8, 4) is 0 Å². The molecule has 6 heteroatoms. The standard InChI is InChI=1S/C20H19BrN4O/c21-15-5-7-16(8-6-15)25-10-9-14(13-25)11-23-20(26)19-12-22-17-3-1-2-4-18(17)24-19/h1-8,12,14H,9-11,13H2,(H,23,26). The molecule has 0 radical (unpaired) electrons. The Bertz CT molecular complexity index is 929. The highest BCUT2D eigenvalue weighted by molar-refractivity contribution is 9.10. The van der Waals surface area contributed by atoms with Gasteiger partial charge in [0.25, 0.3) is 5.91 Å². The van der Waals surface area contributed by atoms with Crippen molar-refractivity contribution in [1.29, 1.82) is 0 Å². The maximum absolute atomic E-state index is 12.4. The quantitative estimate of drug-likeness (QED) is 0.712. The number of halogens is 1. The van der Waals surface area contributed by atoms with Gasteiger partial charge in [-0.25, -0.2) is 4.98 Å². The average molecular weight is 411 g/mol. The molecule has 1 unspecified atom stereocenters. The zero-order valence-electron chi connectivity index (χ0n) is 14.2. The first-order valence-corrected chi connectivity index (χ1v) is 9.49. The number of hydrogen-bond donors (Lipinski definition) is 1. The van der Waals surface area contributed by atoms with Gasteiger partial charge in [-0.05, 0) is 48.7 Å². The van der Waals surface area contributed by atoms with Crippen molar-refractivity contribution in [2.75, 3.05) is 24.5 Å². The van der Waals surface area contributed by atoms with Crippen LogP contribution in [0.1, 0.15) is 16.9 Å². The lowest BCUT2D eigenvalue weighted by atomic mass is 10.1. The number of anilines is 1. The number of para-hydroxylation sites is 2. The molecule has 1 N–H and O–H groups in total. The normalized spacial score (nSPS) is 16.8. The number of aromatic nitrogens is 2. The van der Waals surface area contributed by atoms with Crippen LogP contribution in [0.15, 0.2) is 59.2 Å². The van der Waals surface area contributed by atoms with E-state index in [0.29, 0.717) is 18.2 Å². The maximum Gasteiger partial charge on any atom is 0.271 e. The van der Waals surface area contributed by atoms with Crippen LogP contribution in [-0.4, -0.2) is 35.5 Å². The number of nitrogens with one attached hydrogen (secondary N) is 1. The summed E-state index contributed by atoms with van der Waals surface area (Å²) < 4.78 is 1.08. The van der Waals surface area contributed by atoms with Gasteiger partial charge in [0.15, 0.2) is 0 Å². The number of nitrogens with zero attached hydrogens (tertiary/aromatic N) is 3. The second-order valence-corrected chi connectivity index (χ2v) is 7.45. The van der Waals surface area contributed by atoms with Crippen molar-refractivity contribution >= 4 is 38.6 Å². The first-order chi connectivity index (χ1) is 12.7. The highest BCUT2D eigenvalue weighted by Crippen LogP contribution is 2.25. The molecule has 1 fully saturated rings. The van der Waals surface area contributed by atoms with Crippen LogP contribution in [0.25, 0.3) is 11.0 Å². The van der Waals surface area contributed by atoms with E-state index in [9.17, 15) is 4.79 Å². The third kappa shape index (κ3) is 3.70. The third-order valence-corrected chi connectivity index (χ3v) is 5.24. The molecule has 1 aliphatic rings. The fourth-order valence-electron chi connectivity index (χ4n) is 3.28. The number of benzene rings is 2. The van der Waals surface area contributed by atoms with E-state index in [-0.39, 0.29) is 5.91 Å². The third-order valence-electron chi connectivity index (χ3n) is 4.71. The van der Waals surface area contributed by atoms with E-state index < -0.39 is 0 Å². The molecule has 1 saturated heterocycles. The van der Waals surface area contributed by atoms with Gasteiger partial charge in [0.1, 0.15) is 5.69 Å². The minimum absolute atomic E-state index is 0.162. The summed E-state index contributed by atoms with van der Waals surface area (Å²) in [4.78, 5) is 23.5. The molecule has 132 valence electrons. The number of fused-ring (bicyclic) bond motifs is 1. The summed E-state index contributed by atoms with van der Waals surface area (Å²) in [6.45, 7) is 2.61. The predicted molar refractivity (Wildman–Crippen MR) is 106 cm³/mol. The monoisotopic (exact) mass is 410 g/mol. The van der Waals surface area contributed by atoms with Gasteiger partial charge in [-0.3, -0.25) is 9.78 Å². The smallest absolute Gasteiger partial charge is 0.271 e. The highest BCUT2D eigenvalue weighted by atomic mass is 79.9. The highest BCUT2D eigenvalue weighted by Gasteiger charge is 2.23. The van der Waals surface area contributed by atoms with Crippen LogP contribution in [0.2, 0.25) is 0 Å². The van der Waals surface area contributed by atoms with Gasteiger partial charge < -0.3 is 10.2 Å². The van der Waals surface area contributed by atoms with E-state index in [0.717, 1.165) is 35.0 Å². The molecule has 2 heterocycles. The van der Waals surface area contributed by atoms with Gasteiger partial charge in [-0.1, -0.05) is 28.1 Å². The van der Waals surface area contributed by atoms with Gasteiger partial charge >= 0.3 is 0 Å². The molecule has 0 bridgehead atoms. The minimum atomic E-state index is -0.162. The molecule has 0 saturated carbocycles. The van der Waals surface area contributed by atoms with Crippen molar-refractivity contribution in [1.82, 2.24) is 15.3 Å². The van der Waals surface area contributed by atoms with E-state index >= 15 is 0 Å². The molecule has 0 spiro atoms. The molecule has 5 nitrogen and oxygen atoms in total. The Kier molecular flexibility index (Phi) is 4.84. The lowest BCUT2D eigenvalue weighted by molar-refractivity contribution is 0.0943. The van der Waals surface area contributed by atoms with Crippen molar-refractivity contribution in [2.45, 2.75) is 6.42 Å². The molecule has 4 rings (SSSR count). The van der Waals surface area contributed by atoms with Crippen molar-refractivity contribution in [3.05, 3.63) is 64.9 Å². The number of amides is 1. The zero-order chi connectivity index (χ0) is 17.9. The Balaban J connectivity index is 1.35. The molecule has 26 heavy (non-hydrogen) atoms. The zero-order valence-corrected chi connectivity index (χ0v) is 15.8. The summed E-state index contributed by atoms with van der Waals surface area (Å²) in [5.41, 5.74) is 3.13. The van der Waals surface area contributed by atoms with Gasteiger partial charge in [-0.2, -0.15) is 0 Å². The van der Waals surface area contributed by atoms with Gasteiger partial charge in [0.2, 0.25) is 0 Å². The van der Waals surface area contributed by atoms with Gasteiger partial charge in [0, 0.05) is 29.8 Å². The molecule has 3 aromatic rings. The van der Waals surface area contributed by atoms with E-state index in [1.807, 2.05) is 24.3 Å². The van der Waals surface area contributed by atoms with Crippen LogP contribution in [0.3, 0.4) is 0 Å². The van der Waals surface area contributed by atoms with Crippen molar-refractivity contribution in [3.63, 3.8) is 0 Å². The van der Waals surface area contributed by atoms with Crippen LogP contribution in [0.5, 0.6) is 0 Å². The first kappa shape index (κ1) is 17.0. The van der Waals surface area contributed by atoms with Gasteiger partial charge in [-0.15, -0.1) is 0 Å². The van der Waals surface area contributed by atoms with E-state index in [1.54, 1.807) is 6.20 Å². The van der Waals surface area contributed by atoms with Crippen LogP contribution in [0, 0.1) is 5.92 Å². The summed E-state index contributed by atoms with van der Waals surface area (Å²) in [6.07, 6.45) is 2.61. The van der Waals surface area contributed by atoms with Crippen molar-refractivity contribution in [2.24, 2.45) is 5.92 Å². The molecule has 2 aromatic carbocycles. The van der Waals surface area contributed by atoms with Crippen LogP contribution >= 0.6 is 15.9 Å². The second-order valence-electron chi connectivity index (χ2n) is 6.53. The predicted octanol–water partition coefficient (Wildman–Crippen LogP) is 3.65. The molecule has 1 aliphatic heterocycles. The molecule has 1 atom stereocenters. The average Bonchev–Trinajstić information content (AvgIpc) is 3.15. The van der Waals surface area contributed by atoms with Crippen LogP contribution in [-0.2, 0) is 0 Å². The molecular weight excluding hydrogens is 392 g/mol. The topological polar surface area (TPSA) is 58.1 Å². The number of carbonyl (C=O) groups is 1. The lowest BCUT2D eigenvalue weighted by Gasteiger charge is -2.19. The van der Waals surface area contributed by atoms with Crippen molar-refractivity contribution < 1.29 is 4.79 Å². The Labute approximate surface area is 160 Å². The number of rotatable bonds is 4. The fraction of sp³-hybridized carbons (Fsp3) is 0.250. The minimum Gasteiger partial charge on any atom is -0.371 e. The van der Waals surface area contributed by atoms with E-state index in [1.165, 1.54) is 5.69 Å². The molecular formula is C20H19BrN4O. The SMILES string of the molecule is O=C(NCC1CCN(c2ccc(Br)cc2)C1)c1cnc2ccccc2n1. The summed E-state index contributed by atoms with van der Waals surface area (Å²) in [5, 5.41) is 3.01. The molecule has 1 aromatic heterocycles.